The number of halogens is 1. The van der Waals surface area contributed by atoms with E-state index in [1.807, 2.05) is 0 Å². The van der Waals surface area contributed by atoms with E-state index in [0.717, 1.165) is 16.2 Å². The molecule has 0 fully saturated rings. The summed E-state index contributed by atoms with van der Waals surface area (Å²) in [5.74, 6) is -0.906. The third kappa shape index (κ3) is 2.63. The fraction of sp³-hybridized carbons (Fsp3) is 0.111. The molecule has 0 saturated carbocycles. The van der Waals surface area contributed by atoms with Gasteiger partial charge in [-0.2, -0.15) is 0 Å². The number of carboxylic acids is 1. The number of furan rings is 1. The maximum absolute atomic E-state index is 12.3. The van der Waals surface area contributed by atoms with Crippen LogP contribution in [0, 0.1) is 0 Å². The van der Waals surface area contributed by atoms with Crippen LogP contribution < -0.4 is 5.32 Å². The van der Waals surface area contributed by atoms with E-state index in [1.54, 1.807) is 42.7 Å². The first-order valence-corrected chi connectivity index (χ1v) is 8.74. The molecule has 3 heterocycles. The Morgan fingerprint density at radius 2 is 2.08 bits per heavy atom. The van der Waals surface area contributed by atoms with Gasteiger partial charge in [0.05, 0.1) is 17.9 Å². The van der Waals surface area contributed by atoms with Crippen molar-refractivity contribution in [2.75, 3.05) is 5.32 Å². The highest BCUT2D eigenvalue weighted by Gasteiger charge is 2.36. The Labute approximate surface area is 151 Å². The van der Waals surface area contributed by atoms with Gasteiger partial charge in [0.25, 0.3) is 0 Å². The smallest absolute Gasteiger partial charge is 0.346 e. The lowest BCUT2D eigenvalue weighted by Gasteiger charge is -2.22. The largest absolute Gasteiger partial charge is 0.477 e. The summed E-state index contributed by atoms with van der Waals surface area (Å²) in [7, 11) is 0. The van der Waals surface area contributed by atoms with Crippen LogP contribution >= 0.6 is 22.9 Å². The first-order valence-electron chi connectivity index (χ1n) is 7.54. The summed E-state index contributed by atoms with van der Waals surface area (Å²) in [5.41, 5.74) is 1.54. The number of carboxylic acid groups (broad SMARTS) is 1. The molecule has 1 aliphatic rings. The molecule has 5 nitrogen and oxygen atoms in total. The fourth-order valence-corrected chi connectivity index (χ4v) is 4.53. The van der Waals surface area contributed by atoms with E-state index >= 15 is 0 Å². The Balaban J connectivity index is 1.99. The van der Waals surface area contributed by atoms with Crippen molar-refractivity contribution < 1.29 is 19.1 Å². The lowest BCUT2D eigenvalue weighted by atomic mass is 9.92. The molecule has 0 unspecified atom stereocenters. The number of nitrogens with one attached hydrogen (secondary N) is 1. The summed E-state index contributed by atoms with van der Waals surface area (Å²) in [6, 6.07) is 10.5. The van der Waals surface area contributed by atoms with Crippen molar-refractivity contribution in [3.63, 3.8) is 0 Å². The SMILES string of the molecule is O=C1C[C@@H](c2ccco2)c2sc(C(=O)O)c(-c3ccccc3Cl)c2N1. The number of rotatable bonds is 3. The van der Waals surface area contributed by atoms with Crippen molar-refractivity contribution in [3.8, 4) is 11.1 Å². The molecule has 0 radical (unpaired) electrons. The number of fused-ring (bicyclic) bond motifs is 1. The van der Waals surface area contributed by atoms with E-state index in [-0.39, 0.29) is 23.1 Å². The van der Waals surface area contributed by atoms with E-state index in [4.69, 9.17) is 16.0 Å². The first kappa shape index (κ1) is 15.9. The van der Waals surface area contributed by atoms with Crippen LogP contribution in [0.2, 0.25) is 5.02 Å². The van der Waals surface area contributed by atoms with E-state index < -0.39 is 5.97 Å². The maximum atomic E-state index is 12.3. The van der Waals surface area contributed by atoms with Crippen LogP contribution in [-0.2, 0) is 4.79 Å². The standard InChI is InChI=1S/C18H12ClNO4S/c19-11-5-2-1-4-9(11)14-15-16(25-17(14)18(22)23)10(8-13(21)20-15)12-6-3-7-24-12/h1-7,10H,8H2,(H,20,21)(H,22,23)/t10-/m0/s1. The fourth-order valence-electron chi connectivity index (χ4n) is 3.08. The van der Waals surface area contributed by atoms with Gasteiger partial charge in [-0.25, -0.2) is 4.79 Å². The Morgan fingerprint density at radius 1 is 1.28 bits per heavy atom. The second-order valence-corrected chi connectivity index (χ2v) is 7.11. The molecule has 1 aliphatic heterocycles. The van der Waals surface area contributed by atoms with Crippen molar-refractivity contribution in [3.05, 3.63) is 63.2 Å². The van der Waals surface area contributed by atoms with Crippen LogP contribution in [0.25, 0.3) is 11.1 Å². The molecule has 126 valence electrons. The van der Waals surface area contributed by atoms with Gasteiger partial charge in [-0.15, -0.1) is 11.3 Å². The molecule has 0 saturated heterocycles. The Kier molecular flexibility index (Phi) is 3.86. The van der Waals surface area contributed by atoms with Gasteiger partial charge in [0.15, 0.2) is 0 Å². The minimum atomic E-state index is -1.05. The van der Waals surface area contributed by atoms with Crippen LogP contribution in [0.3, 0.4) is 0 Å². The lowest BCUT2D eigenvalue weighted by Crippen LogP contribution is -2.22. The lowest BCUT2D eigenvalue weighted by molar-refractivity contribution is -0.116. The summed E-state index contributed by atoms with van der Waals surface area (Å²) < 4.78 is 5.47. The van der Waals surface area contributed by atoms with Crippen LogP contribution in [0.1, 0.15) is 32.6 Å². The zero-order valence-corrected chi connectivity index (χ0v) is 14.4. The number of hydrogen-bond acceptors (Lipinski definition) is 4. The number of aromatic carboxylic acids is 1. The summed E-state index contributed by atoms with van der Waals surface area (Å²) in [6.45, 7) is 0. The molecular weight excluding hydrogens is 362 g/mol. The number of benzene rings is 1. The van der Waals surface area contributed by atoms with Gasteiger partial charge >= 0.3 is 5.97 Å². The van der Waals surface area contributed by atoms with Gasteiger partial charge in [0, 0.05) is 27.4 Å². The highest BCUT2D eigenvalue weighted by atomic mass is 35.5. The average molecular weight is 374 g/mol. The zero-order valence-electron chi connectivity index (χ0n) is 12.8. The molecule has 7 heteroatoms. The number of carbonyl (C=O) groups is 2. The quantitative estimate of drug-likeness (QED) is 0.688. The third-order valence-corrected chi connectivity index (χ3v) is 5.75. The van der Waals surface area contributed by atoms with Crippen LogP contribution in [0.15, 0.2) is 47.1 Å². The van der Waals surface area contributed by atoms with Gasteiger partial charge in [-0.3, -0.25) is 4.79 Å². The summed E-state index contributed by atoms with van der Waals surface area (Å²) in [4.78, 5) is 25.0. The maximum Gasteiger partial charge on any atom is 0.346 e. The molecular formula is C18H12ClNO4S. The molecule has 2 N–H and O–H groups in total. The van der Waals surface area contributed by atoms with E-state index in [0.29, 0.717) is 27.6 Å². The zero-order chi connectivity index (χ0) is 17.6. The number of anilines is 1. The van der Waals surface area contributed by atoms with Gasteiger partial charge in [-0.1, -0.05) is 29.8 Å². The van der Waals surface area contributed by atoms with Crippen molar-refractivity contribution in [1.82, 2.24) is 0 Å². The molecule has 4 rings (SSSR count). The molecule has 1 aromatic carbocycles. The number of thiophene rings is 1. The summed E-state index contributed by atoms with van der Waals surface area (Å²) in [5, 5.41) is 12.9. The van der Waals surface area contributed by atoms with Gasteiger partial charge in [0.1, 0.15) is 10.6 Å². The molecule has 3 aromatic rings. The Bertz CT molecular complexity index is 977. The average Bonchev–Trinajstić information content (AvgIpc) is 3.22. The molecule has 25 heavy (non-hydrogen) atoms. The molecule has 1 amide bonds. The second kappa shape index (κ2) is 6.06. The van der Waals surface area contributed by atoms with Crippen LogP contribution in [0.4, 0.5) is 5.69 Å². The van der Waals surface area contributed by atoms with Crippen LogP contribution in [-0.4, -0.2) is 17.0 Å². The molecule has 0 aliphatic carbocycles. The minimum Gasteiger partial charge on any atom is -0.477 e. The van der Waals surface area contributed by atoms with Crippen molar-refractivity contribution >= 4 is 40.5 Å². The van der Waals surface area contributed by atoms with Gasteiger partial charge < -0.3 is 14.8 Å². The summed E-state index contributed by atoms with van der Waals surface area (Å²) in [6.07, 6.45) is 1.75. The normalized spacial score (nSPS) is 16.4. The number of hydrogen-bond donors (Lipinski definition) is 2. The van der Waals surface area contributed by atoms with Gasteiger partial charge in [0.2, 0.25) is 5.91 Å². The molecule has 2 aromatic heterocycles. The third-order valence-electron chi connectivity index (χ3n) is 4.13. The Morgan fingerprint density at radius 3 is 2.76 bits per heavy atom. The number of carbonyl (C=O) groups excluding carboxylic acids is 1. The monoisotopic (exact) mass is 373 g/mol. The molecule has 0 bridgehead atoms. The molecule has 0 spiro atoms. The Hall–Kier alpha value is -2.57. The van der Waals surface area contributed by atoms with Crippen molar-refractivity contribution in [1.29, 1.82) is 0 Å². The first-order chi connectivity index (χ1) is 12.1. The highest BCUT2D eigenvalue weighted by Crippen LogP contribution is 2.50. The van der Waals surface area contributed by atoms with E-state index in [1.165, 1.54) is 0 Å². The minimum absolute atomic E-state index is 0.150. The predicted molar refractivity (Wildman–Crippen MR) is 95.5 cm³/mol. The number of amides is 1. The topological polar surface area (TPSA) is 79.5 Å². The summed E-state index contributed by atoms with van der Waals surface area (Å²) >= 11 is 7.44. The van der Waals surface area contributed by atoms with Gasteiger partial charge in [-0.05, 0) is 18.2 Å². The van der Waals surface area contributed by atoms with Crippen LogP contribution in [0.5, 0.6) is 0 Å². The van der Waals surface area contributed by atoms with Crippen molar-refractivity contribution in [2.24, 2.45) is 0 Å². The van der Waals surface area contributed by atoms with Crippen molar-refractivity contribution in [2.45, 2.75) is 12.3 Å². The van der Waals surface area contributed by atoms with E-state index in [2.05, 4.69) is 5.32 Å². The highest BCUT2D eigenvalue weighted by molar-refractivity contribution is 7.15. The molecule has 1 atom stereocenters. The second-order valence-electron chi connectivity index (χ2n) is 5.65. The predicted octanol–water partition coefficient (Wildman–Crippen LogP) is 4.83. The van der Waals surface area contributed by atoms with E-state index in [9.17, 15) is 14.7 Å².